The molecule has 3 aliphatic heterocycles. The molecule has 0 saturated carbocycles. The SMILES string of the molecule is C=CC(=O)Nc1cc(Nc2nc(-c3ccnc(N4CCn5c(cc6c5CC(C)(C)C6)C4=O)c3CO)cn(C)c2=O)ccc1N1CCC(N2CCC(F)(F)CC2)CC1. The first-order chi connectivity index (χ1) is 27.2. The Kier molecular flexibility index (Phi) is 10.0. The molecule has 300 valence electrons. The van der Waals surface area contributed by atoms with E-state index in [0.717, 1.165) is 31.4 Å². The Hall–Kier alpha value is -5.41. The summed E-state index contributed by atoms with van der Waals surface area (Å²) in [5, 5.41) is 16.8. The molecule has 2 fully saturated rings. The molecule has 4 aromatic rings. The fourth-order valence-electron chi connectivity index (χ4n) is 9.04. The van der Waals surface area contributed by atoms with Gasteiger partial charge < -0.3 is 29.8 Å². The van der Waals surface area contributed by atoms with E-state index in [1.165, 1.54) is 21.9 Å². The molecular weight excluding hydrogens is 733 g/mol. The molecule has 8 rings (SSSR count). The van der Waals surface area contributed by atoms with Crippen LogP contribution in [0.25, 0.3) is 11.3 Å². The van der Waals surface area contributed by atoms with Crippen molar-refractivity contribution in [2.24, 2.45) is 12.5 Å². The van der Waals surface area contributed by atoms with E-state index in [1.54, 1.807) is 36.5 Å². The molecule has 1 aliphatic carbocycles. The Morgan fingerprint density at radius 1 is 1.04 bits per heavy atom. The lowest BCUT2D eigenvalue weighted by Crippen LogP contribution is -2.49. The van der Waals surface area contributed by atoms with E-state index in [1.807, 2.05) is 18.2 Å². The molecule has 0 unspecified atom stereocenters. The van der Waals surface area contributed by atoms with Gasteiger partial charge in [0.05, 0.1) is 23.7 Å². The number of aliphatic hydroxyl groups is 1. The Labute approximate surface area is 330 Å². The monoisotopic (exact) mass is 781 g/mol. The molecule has 2 amide bonds. The summed E-state index contributed by atoms with van der Waals surface area (Å²) in [6, 6.07) is 9.35. The number of anilines is 5. The van der Waals surface area contributed by atoms with Gasteiger partial charge in [-0.25, -0.2) is 18.7 Å². The molecule has 0 atom stereocenters. The van der Waals surface area contributed by atoms with Gasteiger partial charge in [0, 0.05) is 100 Å². The first kappa shape index (κ1) is 38.5. The number of benzene rings is 1. The van der Waals surface area contributed by atoms with Crippen LogP contribution in [0.2, 0.25) is 0 Å². The average Bonchev–Trinajstić information content (AvgIpc) is 3.68. The zero-order valence-corrected chi connectivity index (χ0v) is 32.7. The lowest BCUT2D eigenvalue weighted by molar-refractivity contribution is -0.111. The molecule has 4 aliphatic rings. The van der Waals surface area contributed by atoms with E-state index in [-0.39, 0.29) is 36.0 Å². The number of aliphatic hydroxyl groups excluding tert-OH is 1. The largest absolute Gasteiger partial charge is 0.392 e. The summed E-state index contributed by atoms with van der Waals surface area (Å²) in [5.41, 5.74) is 5.94. The van der Waals surface area contributed by atoms with E-state index in [9.17, 15) is 28.3 Å². The number of amides is 2. The number of rotatable bonds is 9. The van der Waals surface area contributed by atoms with Crippen LogP contribution < -0.4 is 26.0 Å². The second kappa shape index (κ2) is 14.8. The molecule has 0 radical (unpaired) electrons. The van der Waals surface area contributed by atoms with Crippen LogP contribution in [-0.4, -0.2) is 85.6 Å². The number of halogens is 2. The Morgan fingerprint density at radius 2 is 1.79 bits per heavy atom. The number of carbonyl (C=O) groups excluding carboxylic acids is 2. The summed E-state index contributed by atoms with van der Waals surface area (Å²) in [4.78, 5) is 55.3. The zero-order chi connectivity index (χ0) is 40.2. The number of aryl methyl sites for hydroxylation is 1. The van der Waals surface area contributed by atoms with Crippen LogP contribution in [0.4, 0.5) is 37.5 Å². The molecular formula is C42H49F2N9O4. The van der Waals surface area contributed by atoms with Crippen molar-refractivity contribution in [3.63, 3.8) is 0 Å². The lowest BCUT2D eigenvalue weighted by atomic mass is 9.90. The summed E-state index contributed by atoms with van der Waals surface area (Å²) in [5.74, 6) is -2.79. The number of likely N-dealkylation sites (tertiary alicyclic amines) is 1. The van der Waals surface area contributed by atoms with Gasteiger partial charge in [0.1, 0.15) is 11.5 Å². The van der Waals surface area contributed by atoms with Gasteiger partial charge in [-0.3, -0.25) is 24.2 Å². The van der Waals surface area contributed by atoms with Crippen LogP contribution in [0.1, 0.15) is 66.8 Å². The molecule has 0 bridgehead atoms. The summed E-state index contributed by atoms with van der Waals surface area (Å²) in [6.07, 6.45) is 7.58. The number of nitrogens with one attached hydrogen (secondary N) is 2. The Balaban J connectivity index is 1.04. The number of pyridine rings is 1. The second-order valence-electron chi connectivity index (χ2n) is 16.5. The number of aromatic nitrogens is 4. The summed E-state index contributed by atoms with van der Waals surface area (Å²) >= 11 is 0. The van der Waals surface area contributed by atoms with E-state index < -0.39 is 24.0 Å². The normalized spacial score (nSPS) is 19.3. The van der Waals surface area contributed by atoms with Crippen LogP contribution in [-0.2, 0) is 37.8 Å². The number of hydrogen-bond acceptors (Lipinski definition) is 9. The van der Waals surface area contributed by atoms with Crippen molar-refractivity contribution in [3.8, 4) is 11.3 Å². The Morgan fingerprint density at radius 3 is 2.51 bits per heavy atom. The van der Waals surface area contributed by atoms with Gasteiger partial charge in [0.25, 0.3) is 17.4 Å². The van der Waals surface area contributed by atoms with Crippen LogP contribution in [0.3, 0.4) is 0 Å². The van der Waals surface area contributed by atoms with Crippen LogP contribution in [0, 0.1) is 5.41 Å². The first-order valence-corrected chi connectivity index (χ1v) is 19.7. The fraction of sp³-hybridized carbons (Fsp3) is 0.452. The van der Waals surface area contributed by atoms with Gasteiger partial charge in [-0.15, -0.1) is 0 Å². The van der Waals surface area contributed by atoms with Crippen molar-refractivity contribution in [2.75, 3.05) is 53.2 Å². The second-order valence-corrected chi connectivity index (χ2v) is 16.5. The maximum absolute atomic E-state index is 13.9. The molecule has 3 aromatic heterocycles. The topological polar surface area (TPSA) is 141 Å². The maximum atomic E-state index is 13.9. The van der Waals surface area contributed by atoms with Gasteiger partial charge in [0.15, 0.2) is 5.82 Å². The van der Waals surface area contributed by atoms with Crippen molar-refractivity contribution < 1.29 is 23.5 Å². The molecule has 3 N–H and O–H groups in total. The van der Waals surface area contributed by atoms with Crippen molar-refractivity contribution >= 4 is 40.5 Å². The minimum absolute atomic E-state index is 0.0169. The number of piperidine rings is 2. The third-order valence-electron chi connectivity index (χ3n) is 12.0. The van der Waals surface area contributed by atoms with Gasteiger partial charge in [0.2, 0.25) is 5.91 Å². The van der Waals surface area contributed by atoms with E-state index in [0.29, 0.717) is 79.0 Å². The number of hydrogen-bond donors (Lipinski definition) is 3. The highest BCUT2D eigenvalue weighted by atomic mass is 19.3. The summed E-state index contributed by atoms with van der Waals surface area (Å²) in [6.45, 7) is 10.8. The minimum Gasteiger partial charge on any atom is -0.392 e. The molecule has 15 heteroatoms. The molecule has 2 saturated heterocycles. The van der Waals surface area contributed by atoms with Crippen LogP contribution in [0.15, 0.2) is 60.2 Å². The number of carbonyl (C=O) groups is 2. The number of nitrogens with zero attached hydrogens (tertiary/aromatic N) is 7. The highest BCUT2D eigenvalue weighted by molar-refractivity contribution is 6.06. The highest BCUT2D eigenvalue weighted by Crippen LogP contribution is 2.40. The molecule has 1 aromatic carbocycles. The smallest absolute Gasteiger partial charge is 0.293 e. The molecule has 0 spiro atoms. The predicted octanol–water partition coefficient (Wildman–Crippen LogP) is 5.49. The third-order valence-corrected chi connectivity index (χ3v) is 12.0. The van der Waals surface area contributed by atoms with Crippen LogP contribution in [0.5, 0.6) is 0 Å². The average molecular weight is 782 g/mol. The number of alkyl halides is 2. The lowest BCUT2D eigenvalue weighted by Gasteiger charge is -2.42. The molecule has 13 nitrogen and oxygen atoms in total. The zero-order valence-electron chi connectivity index (χ0n) is 32.7. The maximum Gasteiger partial charge on any atom is 0.293 e. The van der Waals surface area contributed by atoms with Gasteiger partial charge >= 0.3 is 0 Å². The van der Waals surface area contributed by atoms with E-state index in [4.69, 9.17) is 4.98 Å². The third kappa shape index (κ3) is 7.45. The van der Waals surface area contributed by atoms with Gasteiger partial charge in [-0.1, -0.05) is 20.4 Å². The summed E-state index contributed by atoms with van der Waals surface area (Å²) in [7, 11) is 1.61. The van der Waals surface area contributed by atoms with E-state index in [2.05, 4.69) is 50.4 Å². The predicted molar refractivity (Wildman–Crippen MR) is 215 cm³/mol. The first-order valence-electron chi connectivity index (χ1n) is 19.7. The molecule has 57 heavy (non-hydrogen) atoms. The van der Waals surface area contributed by atoms with Gasteiger partial charge in [-0.05, 0) is 73.1 Å². The van der Waals surface area contributed by atoms with Gasteiger partial charge in [-0.2, -0.15) is 0 Å². The summed E-state index contributed by atoms with van der Waals surface area (Å²) < 4.78 is 31.1. The van der Waals surface area contributed by atoms with Crippen molar-refractivity contribution in [1.82, 2.24) is 24.0 Å². The highest BCUT2D eigenvalue weighted by Gasteiger charge is 2.39. The number of fused-ring (bicyclic) bond motifs is 3. The van der Waals surface area contributed by atoms with Crippen LogP contribution >= 0.6 is 0 Å². The van der Waals surface area contributed by atoms with E-state index >= 15 is 0 Å². The fourth-order valence-corrected chi connectivity index (χ4v) is 9.04. The molecule has 6 heterocycles. The van der Waals surface area contributed by atoms with Crippen molar-refractivity contribution in [2.45, 2.75) is 77.5 Å². The van der Waals surface area contributed by atoms with Crippen molar-refractivity contribution in [3.05, 3.63) is 88.2 Å². The quantitative estimate of drug-likeness (QED) is 0.188. The van der Waals surface area contributed by atoms with Crippen molar-refractivity contribution in [1.29, 1.82) is 0 Å². The standard InChI is InChI=1S/C42H49F2N9O4/c1-5-36(55)47-31-21-27(6-7-33(31)51-14-9-28(10-15-51)50-16-11-42(43,44)12-17-50)46-37-40(57)49(4)24-32(48-37)29-8-13-45-38(30(29)25-54)53-19-18-52-34(39(53)56)20-26-22-41(2,3)23-35(26)52/h5-8,13,20-21,24,28,54H,1,9-12,14-19,22-23,25H2,2-4H3,(H,46,48)(H,47,55). The Bertz CT molecular complexity index is 2300. The minimum atomic E-state index is -2.58.